The number of carbonyl (C=O) groups excluding carboxylic acids is 2. The number of carbonyl (C=O) groups is 2. The van der Waals surface area contributed by atoms with Crippen molar-refractivity contribution in [2.75, 3.05) is 0 Å². The van der Waals surface area contributed by atoms with Gasteiger partial charge in [0.25, 0.3) is 5.91 Å². The second-order valence-corrected chi connectivity index (χ2v) is 10.00. The van der Waals surface area contributed by atoms with Crippen molar-refractivity contribution < 1.29 is 13.8 Å². The zero-order chi connectivity index (χ0) is 29.0. The van der Waals surface area contributed by atoms with Gasteiger partial charge in [0.05, 0.1) is 12.6 Å². The van der Waals surface area contributed by atoms with Gasteiger partial charge in [0.1, 0.15) is 17.7 Å². The standard InChI is InChI=1S/C30H33N7O3S/c1-20(24-9-4-7-22-6-2-3-8-25(22)24)35-30(39)26(10-5-11-27(31)37-41-40)36-29(38)23-14-12-21(13-15-23)18-32-19-28-33-16-17-34-28/h2-4,6-9,12-17,20,26,31-32H,5,10-11,18-19H2,1H3,(H,33,34)(H,35,39)(H,36,38)/t20-,26-/m0/s1. The molecule has 1 heterocycles. The number of nitrogens with one attached hydrogen (secondary N) is 5. The molecule has 0 saturated carbocycles. The molecule has 0 bridgehead atoms. The molecule has 5 N–H and O–H groups in total. The molecule has 4 rings (SSSR count). The van der Waals surface area contributed by atoms with Crippen LogP contribution >= 0.6 is 0 Å². The Balaban J connectivity index is 1.41. The highest BCUT2D eigenvalue weighted by molar-refractivity contribution is 7.55. The molecule has 0 spiro atoms. The molecule has 0 saturated heterocycles. The van der Waals surface area contributed by atoms with E-state index in [1.165, 1.54) is 0 Å². The molecule has 212 valence electrons. The molecule has 41 heavy (non-hydrogen) atoms. The number of amidine groups is 1. The predicted octanol–water partition coefficient (Wildman–Crippen LogP) is 4.37. The Labute approximate surface area is 242 Å². The number of amides is 2. The minimum atomic E-state index is -0.831. The monoisotopic (exact) mass is 571 g/mol. The van der Waals surface area contributed by atoms with E-state index < -0.39 is 6.04 Å². The smallest absolute Gasteiger partial charge is 0.251 e. The van der Waals surface area contributed by atoms with Gasteiger partial charge < -0.3 is 20.9 Å². The fourth-order valence-electron chi connectivity index (χ4n) is 4.59. The molecule has 2 amide bonds. The molecule has 3 aromatic carbocycles. The van der Waals surface area contributed by atoms with Crippen LogP contribution in [0.3, 0.4) is 0 Å². The summed E-state index contributed by atoms with van der Waals surface area (Å²) in [5.74, 6) is 0.110. The molecule has 10 nitrogen and oxygen atoms in total. The van der Waals surface area contributed by atoms with Crippen LogP contribution in [0.5, 0.6) is 0 Å². The fourth-order valence-corrected chi connectivity index (χ4v) is 4.77. The minimum absolute atomic E-state index is 0.0129. The van der Waals surface area contributed by atoms with Crippen LogP contribution in [0.25, 0.3) is 10.8 Å². The highest BCUT2D eigenvalue weighted by atomic mass is 32.1. The number of H-pyrrole nitrogens is 1. The van der Waals surface area contributed by atoms with Gasteiger partial charge in [-0.25, -0.2) is 4.98 Å². The number of imidazole rings is 1. The van der Waals surface area contributed by atoms with Crippen LogP contribution in [-0.4, -0.2) is 37.9 Å². The third-order valence-corrected chi connectivity index (χ3v) is 7.01. The average Bonchev–Trinajstić information content (AvgIpc) is 3.50. The average molecular weight is 572 g/mol. The Morgan fingerprint density at radius 2 is 1.80 bits per heavy atom. The number of aromatic amines is 1. The van der Waals surface area contributed by atoms with E-state index in [2.05, 4.69) is 30.3 Å². The minimum Gasteiger partial charge on any atom is -0.348 e. The van der Waals surface area contributed by atoms with Crippen molar-refractivity contribution in [2.24, 2.45) is 4.36 Å². The van der Waals surface area contributed by atoms with E-state index >= 15 is 0 Å². The van der Waals surface area contributed by atoms with Crippen molar-refractivity contribution >= 4 is 39.9 Å². The van der Waals surface area contributed by atoms with E-state index in [1.54, 1.807) is 24.5 Å². The van der Waals surface area contributed by atoms with E-state index in [4.69, 9.17) is 5.41 Å². The first kappa shape index (κ1) is 29.5. The van der Waals surface area contributed by atoms with Crippen molar-refractivity contribution in [3.8, 4) is 0 Å². The summed E-state index contributed by atoms with van der Waals surface area (Å²) in [5.41, 5.74) is 2.42. The summed E-state index contributed by atoms with van der Waals surface area (Å²) in [4.78, 5) is 33.8. The second-order valence-electron chi connectivity index (χ2n) is 9.67. The van der Waals surface area contributed by atoms with E-state index in [0.717, 1.165) is 27.7 Å². The first-order valence-electron chi connectivity index (χ1n) is 13.4. The molecule has 11 heteroatoms. The molecule has 2 atom stereocenters. The van der Waals surface area contributed by atoms with Gasteiger partial charge in [0.2, 0.25) is 17.4 Å². The molecule has 0 unspecified atom stereocenters. The molecule has 0 radical (unpaired) electrons. The summed E-state index contributed by atoms with van der Waals surface area (Å²) in [6, 6.07) is 20.0. The lowest BCUT2D eigenvalue weighted by Crippen LogP contribution is -2.47. The zero-order valence-electron chi connectivity index (χ0n) is 22.7. The number of aromatic nitrogens is 2. The third-order valence-electron chi connectivity index (χ3n) is 6.72. The molecule has 0 fully saturated rings. The Hall–Kier alpha value is -4.48. The molecular weight excluding hydrogens is 538 g/mol. The maximum Gasteiger partial charge on any atom is 0.251 e. The van der Waals surface area contributed by atoms with Gasteiger partial charge in [-0.3, -0.25) is 15.0 Å². The first-order chi connectivity index (χ1) is 19.9. The van der Waals surface area contributed by atoms with Crippen LogP contribution in [0.2, 0.25) is 0 Å². The SMILES string of the molecule is C[C@H](NC(=O)[C@H](CCCC(=N)N=S=O)NC(=O)c1ccc(CNCc2ncc[nH]2)cc1)c1cccc2ccccc12. The Bertz CT molecular complexity index is 1530. The van der Waals surface area contributed by atoms with Crippen LogP contribution in [-0.2, 0) is 29.3 Å². The summed E-state index contributed by atoms with van der Waals surface area (Å²) in [6.07, 6.45) is 4.40. The van der Waals surface area contributed by atoms with Crippen LogP contribution in [0.4, 0.5) is 0 Å². The van der Waals surface area contributed by atoms with Gasteiger partial charge in [-0.1, -0.05) is 54.6 Å². The van der Waals surface area contributed by atoms with Gasteiger partial charge in [0, 0.05) is 30.9 Å². The topological polar surface area (TPSA) is 152 Å². The van der Waals surface area contributed by atoms with Crippen LogP contribution in [0, 0.1) is 5.41 Å². The number of benzene rings is 3. The van der Waals surface area contributed by atoms with E-state index in [0.29, 0.717) is 25.1 Å². The summed E-state index contributed by atoms with van der Waals surface area (Å²) in [7, 11) is 0. The van der Waals surface area contributed by atoms with Crippen molar-refractivity contribution in [2.45, 2.75) is 51.4 Å². The fraction of sp³-hybridized carbons (Fsp3) is 0.267. The lowest BCUT2D eigenvalue weighted by Gasteiger charge is -2.22. The number of nitrogens with zero attached hydrogens (tertiary/aromatic N) is 2. The van der Waals surface area contributed by atoms with Crippen LogP contribution in [0.15, 0.2) is 83.5 Å². The van der Waals surface area contributed by atoms with Crippen LogP contribution < -0.4 is 16.0 Å². The number of hydrogen-bond acceptors (Lipinski definition) is 6. The molecule has 4 aromatic rings. The van der Waals surface area contributed by atoms with Gasteiger partial charge >= 0.3 is 0 Å². The van der Waals surface area contributed by atoms with Gasteiger partial charge in [-0.15, -0.1) is 4.36 Å². The number of rotatable bonds is 13. The number of hydrogen-bond donors (Lipinski definition) is 5. The van der Waals surface area contributed by atoms with Gasteiger partial charge in [-0.05, 0) is 53.8 Å². The molecule has 1 aromatic heterocycles. The largest absolute Gasteiger partial charge is 0.348 e. The highest BCUT2D eigenvalue weighted by Gasteiger charge is 2.23. The maximum absolute atomic E-state index is 13.4. The number of fused-ring (bicyclic) bond motifs is 1. The summed E-state index contributed by atoms with van der Waals surface area (Å²) in [5, 5.41) is 19.1. The van der Waals surface area contributed by atoms with E-state index in [9.17, 15) is 13.8 Å². The van der Waals surface area contributed by atoms with Crippen molar-refractivity contribution in [3.05, 3.63) is 102 Å². The zero-order valence-corrected chi connectivity index (χ0v) is 23.5. The third kappa shape index (κ3) is 8.50. The summed E-state index contributed by atoms with van der Waals surface area (Å²) in [6.45, 7) is 3.12. The summed E-state index contributed by atoms with van der Waals surface area (Å²) < 4.78 is 14.1. The van der Waals surface area contributed by atoms with Gasteiger partial charge in [-0.2, -0.15) is 4.21 Å². The second kappa shape index (κ2) is 14.8. The Kier molecular flexibility index (Phi) is 10.6. The molecular formula is C30H33N7O3S. The van der Waals surface area contributed by atoms with Crippen molar-refractivity contribution in [3.63, 3.8) is 0 Å². The van der Waals surface area contributed by atoms with Crippen molar-refractivity contribution in [1.82, 2.24) is 25.9 Å². The molecule has 0 aliphatic heterocycles. The quantitative estimate of drug-likeness (QED) is 0.119. The normalized spacial score (nSPS) is 12.3. The highest BCUT2D eigenvalue weighted by Crippen LogP contribution is 2.24. The Morgan fingerprint density at radius 1 is 1.02 bits per heavy atom. The Morgan fingerprint density at radius 3 is 2.56 bits per heavy atom. The lowest BCUT2D eigenvalue weighted by molar-refractivity contribution is -0.123. The molecule has 0 aliphatic carbocycles. The maximum atomic E-state index is 13.4. The first-order valence-corrected chi connectivity index (χ1v) is 14.1. The predicted molar refractivity (Wildman–Crippen MR) is 159 cm³/mol. The van der Waals surface area contributed by atoms with Crippen molar-refractivity contribution in [1.29, 1.82) is 5.41 Å². The van der Waals surface area contributed by atoms with Gasteiger partial charge in [0.15, 0.2) is 0 Å². The lowest BCUT2D eigenvalue weighted by atomic mass is 9.99. The van der Waals surface area contributed by atoms with E-state index in [-0.39, 0.29) is 48.0 Å². The van der Waals surface area contributed by atoms with Crippen LogP contribution in [0.1, 0.15) is 59.5 Å². The van der Waals surface area contributed by atoms with E-state index in [1.807, 2.05) is 61.5 Å². The summed E-state index contributed by atoms with van der Waals surface area (Å²) >= 11 is -0.0129. The molecule has 0 aliphatic rings.